The van der Waals surface area contributed by atoms with Crippen LogP contribution in [0, 0.1) is 0 Å². The average Bonchev–Trinajstić information content (AvgIpc) is 2.87. The van der Waals surface area contributed by atoms with Crippen molar-refractivity contribution in [2.45, 2.75) is 31.8 Å². The third kappa shape index (κ3) is 7.47. The zero-order chi connectivity index (χ0) is 13.1. The van der Waals surface area contributed by atoms with Gasteiger partial charge in [-0.3, -0.25) is 0 Å². The van der Waals surface area contributed by atoms with Gasteiger partial charge in [0.25, 0.3) is 0 Å². The Kier molecular flexibility index (Phi) is 8.54. The van der Waals surface area contributed by atoms with Gasteiger partial charge in [-0.25, -0.2) is 4.79 Å². The summed E-state index contributed by atoms with van der Waals surface area (Å²) in [7, 11) is 0. The van der Waals surface area contributed by atoms with Gasteiger partial charge in [-0.1, -0.05) is 0 Å². The lowest BCUT2D eigenvalue weighted by Crippen LogP contribution is -2.37. The molecule has 0 aromatic heterocycles. The van der Waals surface area contributed by atoms with Gasteiger partial charge in [0.1, 0.15) is 0 Å². The quantitative estimate of drug-likeness (QED) is 0.519. The summed E-state index contributed by atoms with van der Waals surface area (Å²) in [6, 6.07) is -0.192. The second kappa shape index (κ2) is 10.1. The molecule has 0 aromatic rings. The van der Waals surface area contributed by atoms with Crippen molar-refractivity contribution < 1.29 is 19.4 Å². The van der Waals surface area contributed by atoms with Gasteiger partial charge >= 0.3 is 6.03 Å². The number of hydrogen-bond acceptors (Lipinski definition) is 4. The maximum atomic E-state index is 11.2. The highest BCUT2D eigenvalue weighted by Crippen LogP contribution is 2.11. The van der Waals surface area contributed by atoms with Crippen LogP contribution < -0.4 is 10.6 Å². The zero-order valence-electron chi connectivity index (χ0n) is 10.8. The van der Waals surface area contributed by atoms with E-state index in [4.69, 9.17) is 14.6 Å². The normalized spacial score (nSPS) is 18.8. The van der Waals surface area contributed by atoms with E-state index in [1.54, 1.807) is 0 Å². The van der Waals surface area contributed by atoms with Crippen LogP contribution in [0.15, 0.2) is 0 Å². The molecule has 3 N–H and O–H groups in total. The third-order valence-electron chi connectivity index (χ3n) is 2.70. The fourth-order valence-electron chi connectivity index (χ4n) is 1.71. The Labute approximate surface area is 108 Å². The molecule has 0 spiro atoms. The molecule has 6 heteroatoms. The van der Waals surface area contributed by atoms with Gasteiger partial charge in [0.05, 0.1) is 12.7 Å². The van der Waals surface area contributed by atoms with Crippen molar-refractivity contribution in [3.8, 4) is 0 Å². The summed E-state index contributed by atoms with van der Waals surface area (Å²) < 4.78 is 10.9. The Hall–Kier alpha value is -0.850. The van der Waals surface area contributed by atoms with E-state index in [0.717, 1.165) is 25.9 Å². The zero-order valence-corrected chi connectivity index (χ0v) is 10.8. The molecule has 1 rings (SSSR count). The first-order valence-corrected chi connectivity index (χ1v) is 6.65. The third-order valence-corrected chi connectivity index (χ3v) is 2.70. The van der Waals surface area contributed by atoms with E-state index in [0.29, 0.717) is 32.7 Å². The van der Waals surface area contributed by atoms with Crippen LogP contribution in [0.2, 0.25) is 0 Å². The number of aliphatic hydroxyl groups is 1. The van der Waals surface area contributed by atoms with Gasteiger partial charge in [0.2, 0.25) is 0 Å². The summed E-state index contributed by atoms with van der Waals surface area (Å²) in [4.78, 5) is 11.2. The largest absolute Gasteiger partial charge is 0.396 e. The monoisotopic (exact) mass is 260 g/mol. The second-order valence-corrected chi connectivity index (χ2v) is 4.32. The van der Waals surface area contributed by atoms with Gasteiger partial charge in [-0.2, -0.15) is 0 Å². The maximum Gasteiger partial charge on any atom is 0.314 e. The summed E-state index contributed by atoms with van der Waals surface area (Å²) in [5.41, 5.74) is 0. The second-order valence-electron chi connectivity index (χ2n) is 4.32. The molecule has 0 bridgehead atoms. The maximum absolute atomic E-state index is 11.2. The molecule has 1 heterocycles. The first-order chi connectivity index (χ1) is 8.83. The summed E-state index contributed by atoms with van der Waals surface area (Å²) >= 11 is 0. The minimum Gasteiger partial charge on any atom is -0.396 e. The lowest BCUT2D eigenvalue weighted by atomic mass is 10.2. The molecule has 0 aliphatic carbocycles. The van der Waals surface area contributed by atoms with E-state index in [9.17, 15) is 4.79 Å². The molecule has 6 nitrogen and oxygen atoms in total. The van der Waals surface area contributed by atoms with Crippen molar-refractivity contribution in [1.29, 1.82) is 0 Å². The standard InChI is InChI=1S/C12H24N2O4/c15-7-2-5-13-12(16)14-6-3-8-17-10-11-4-1-9-18-11/h11,15H,1-10H2,(H2,13,14,16). The van der Waals surface area contributed by atoms with Crippen molar-refractivity contribution in [3.63, 3.8) is 0 Å². The summed E-state index contributed by atoms with van der Waals surface area (Å²) in [5.74, 6) is 0. The molecule has 1 atom stereocenters. The van der Waals surface area contributed by atoms with Crippen molar-refractivity contribution in [2.24, 2.45) is 0 Å². The highest BCUT2D eigenvalue weighted by atomic mass is 16.5. The molecule has 0 saturated carbocycles. The minimum atomic E-state index is -0.192. The first-order valence-electron chi connectivity index (χ1n) is 6.65. The van der Waals surface area contributed by atoms with Crippen LogP contribution in [-0.2, 0) is 9.47 Å². The average molecular weight is 260 g/mol. The number of urea groups is 1. The van der Waals surface area contributed by atoms with E-state index in [-0.39, 0.29) is 18.7 Å². The van der Waals surface area contributed by atoms with Crippen molar-refractivity contribution in [1.82, 2.24) is 10.6 Å². The molecule has 1 unspecified atom stereocenters. The van der Waals surface area contributed by atoms with E-state index in [1.807, 2.05) is 0 Å². The van der Waals surface area contributed by atoms with Crippen LogP contribution in [0.3, 0.4) is 0 Å². The van der Waals surface area contributed by atoms with Gasteiger partial charge in [-0.05, 0) is 25.7 Å². The van der Waals surface area contributed by atoms with E-state index in [1.165, 1.54) is 0 Å². The number of aliphatic hydroxyl groups excluding tert-OH is 1. The van der Waals surface area contributed by atoms with Crippen LogP contribution >= 0.6 is 0 Å². The molecule has 1 aliphatic heterocycles. The SMILES string of the molecule is O=C(NCCCO)NCCCOCC1CCCO1. The number of ether oxygens (including phenoxy) is 2. The van der Waals surface area contributed by atoms with E-state index >= 15 is 0 Å². The Morgan fingerprint density at radius 3 is 2.78 bits per heavy atom. The van der Waals surface area contributed by atoms with Gasteiger partial charge in [-0.15, -0.1) is 0 Å². The summed E-state index contributed by atoms with van der Waals surface area (Å²) in [6.07, 6.45) is 3.85. The van der Waals surface area contributed by atoms with Crippen LogP contribution in [-0.4, -0.2) is 56.8 Å². The fourth-order valence-corrected chi connectivity index (χ4v) is 1.71. The number of carbonyl (C=O) groups excluding carboxylic acids is 1. The van der Waals surface area contributed by atoms with Crippen molar-refractivity contribution >= 4 is 6.03 Å². The minimum absolute atomic E-state index is 0.0946. The molecule has 0 radical (unpaired) electrons. The molecular formula is C12H24N2O4. The summed E-state index contributed by atoms with van der Waals surface area (Å²) in [5, 5.41) is 13.9. The van der Waals surface area contributed by atoms with Crippen molar-refractivity contribution in [3.05, 3.63) is 0 Å². The smallest absolute Gasteiger partial charge is 0.314 e. The molecule has 106 valence electrons. The Bertz CT molecular complexity index is 220. The molecule has 1 fully saturated rings. The number of rotatable bonds is 9. The molecular weight excluding hydrogens is 236 g/mol. The highest BCUT2D eigenvalue weighted by Gasteiger charge is 2.14. The van der Waals surface area contributed by atoms with Crippen LogP contribution in [0.1, 0.15) is 25.7 Å². The fraction of sp³-hybridized carbons (Fsp3) is 0.917. The molecule has 1 aliphatic rings. The Morgan fingerprint density at radius 2 is 2.11 bits per heavy atom. The first kappa shape index (κ1) is 15.2. The highest BCUT2D eigenvalue weighted by molar-refractivity contribution is 5.73. The van der Waals surface area contributed by atoms with Gasteiger partial charge < -0.3 is 25.2 Å². The topological polar surface area (TPSA) is 79.8 Å². The van der Waals surface area contributed by atoms with Crippen LogP contribution in [0.5, 0.6) is 0 Å². The Morgan fingerprint density at radius 1 is 1.33 bits per heavy atom. The number of amides is 2. The predicted molar refractivity (Wildman–Crippen MR) is 67.5 cm³/mol. The molecule has 18 heavy (non-hydrogen) atoms. The summed E-state index contributed by atoms with van der Waals surface area (Å²) in [6.45, 7) is 3.33. The predicted octanol–water partition coefficient (Wildman–Crippen LogP) is 0.254. The van der Waals surface area contributed by atoms with Crippen molar-refractivity contribution in [2.75, 3.05) is 39.5 Å². The van der Waals surface area contributed by atoms with Crippen LogP contribution in [0.4, 0.5) is 4.79 Å². The van der Waals surface area contributed by atoms with Crippen LogP contribution in [0.25, 0.3) is 0 Å². The number of nitrogens with one attached hydrogen (secondary N) is 2. The molecule has 0 aromatic carbocycles. The lowest BCUT2D eigenvalue weighted by molar-refractivity contribution is 0.0168. The van der Waals surface area contributed by atoms with Gasteiger partial charge in [0.15, 0.2) is 0 Å². The lowest BCUT2D eigenvalue weighted by Gasteiger charge is -2.10. The van der Waals surface area contributed by atoms with E-state index in [2.05, 4.69) is 10.6 Å². The number of hydrogen-bond donors (Lipinski definition) is 3. The Balaban J connectivity index is 1.81. The molecule has 1 saturated heterocycles. The van der Waals surface area contributed by atoms with Gasteiger partial charge in [0, 0.05) is 32.9 Å². The van der Waals surface area contributed by atoms with E-state index < -0.39 is 0 Å². The molecule has 2 amide bonds. The number of carbonyl (C=O) groups is 1.